The summed E-state index contributed by atoms with van der Waals surface area (Å²) < 4.78 is 11.0. The second-order valence-electron chi connectivity index (χ2n) is 5.33. The van der Waals surface area contributed by atoms with Gasteiger partial charge in [-0.15, -0.1) is 0 Å². The molecule has 122 valence electrons. The highest BCUT2D eigenvalue weighted by Crippen LogP contribution is 2.23. The van der Waals surface area contributed by atoms with Gasteiger partial charge in [0.2, 0.25) is 0 Å². The maximum Gasteiger partial charge on any atom is 0.171 e. The summed E-state index contributed by atoms with van der Waals surface area (Å²) in [5, 5.41) is 6.75. The van der Waals surface area contributed by atoms with Crippen LogP contribution >= 0.6 is 12.2 Å². The van der Waals surface area contributed by atoms with Crippen LogP contribution in [0.5, 0.6) is 11.5 Å². The molecule has 1 heterocycles. The van der Waals surface area contributed by atoms with Crippen LogP contribution in [0.1, 0.15) is 11.3 Å². The number of furan rings is 1. The van der Waals surface area contributed by atoms with Gasteiger partial charge in [-0.05, 0) is 67.7 Å². The highest BCUT2D eigenvalue weighted by molar-refractivity contribution is 7.80. The molecule has 24 heavy (non-hydrogen) atoms. The van der Waals surface area contributed by atoms with E-state index in [0.29, 0.717) is 11.7 Å². The number of anilines is 1. The van der Waals surface area contributed by atoms with Crippen LogP contribution in [0.3, 0.4) is 0 Å². The molecule has 0 radical (unpaired) electrons. The average Bonchev–Trinajstić information content (AvgIpc) is 3.10. The van der Waals surface area contributed by atoms with Crippen LogP contribution in [0, 0.1) is 6.92 Å². The smallest absolute Gasteiger partial charge is 0.171 e. The number of benzene rings is 2. The Bertz CT molecular complexity index is 781. The average molecular weight is 338 g/mol. The van der Waals surface area contributed by atoms with Gasteiger partial charge in [0.1, 0.15) is 17.3 Å². The summed E-state index contributed by atoms with van der Waals surface area (Å²) in [6.45, 7) is 2.60. The molecule has 0 aliphatic carbocycles. The van der Waals surface area contributed by atoms with Crippen molar-refractivity contribution in [1.82, 2.24) is 5.32 Å². The van der Waals surface area contributed by atoms with Gasteiger partial charge >= 0.3 is 0 Å². The summed E-state index contributed by atoms with van der Waals surface area (Å²) in [6, 6.07) is 19.3. The summed E-state index contributed by atoms with van der Waals surface area (Å²) in [5.74, 6) is 2.43. The van der Waals surface area contributed by atoms with E-state index in [9.17, 15) is 0 Å². The molecule has 0 saturated carbocycles. The third-order valence-electron chi connectivity index (χ3n) is 3.37. The van der Waals surface area contributed by atoms with E-state index in [1.54, 1.807) is 6.26 Å². The van der Waals surface area contributed by atoms with E-state index >= 15 is 0 Å². The van der Waals surface area contributed by atoms with Crippen LogP contribution in [0.15, 0.2) is 71.3 Å². The molecule has 0 saturated heterocycles. The van der Waals surface area contributed by atoms with Gasteiger partial charge in [0, 0.05) is 5.69 Å². The molecule has 0 fully saturated rings. The zero-order valence-electron chi connectivity index (χ0n) is 13.3. The number of hydrogen-bond acceptors (Lipinski definition) is 3. The normalized spacial score (nSPS) is 10.2. The Hall–Kier alpha value is -2.79. The highest BCUT2D eigenvalue weighted by atomic mass is 32.1. The van der Waals surface area contributed by atoms with Crippen molar-refractivity contribution in [2.45, 2.75) is 13.5 Å². The summed E-state index contributed by atoms with van der Waals surface area (Å²) in [4.78, 5) is 0. The third-order valence-corrected chi connectivity index (χ3v) is 3.62. The van der Waals surface area contributed by atoms with Crippen molar-refractivity contribution < 1.29 is 9.15 Å². The predicted molar refractivity (Wildman–Crippen MR) is 99.5 cm³/mol. The fraction of sp³-hybridized carbons (Fsp3) is 0.105. The molecule has 1 aromatic heterocycles. The molecule has 0 unspecified atom stereocenters. The van der Waals surface area contributed by atoms with Crippen LogP contribution in [0.2, 0.25) is 0 Å². The Labute approximate surface area is 146 Å². The Kier molecular flexibility index (Phi) is 5.13. The Morgan fingerprint density at radius 3 is 2.29 bits per heavy atom. The molecular weight excluding hydrogens is 320 g/mol. The number of rotatable bonds is 5. The minimum atomic E-state index is 0.540. The van der Waals surface area contributed by atoms with E-state index in [1.807, 2.05) is 67.6 Å². The lowest BCUT2D eigenvalue weighted by molar-refractivity contribution is 0.482. The maximum atomic E-state index is 5.80. The van der Waals surface area contributed by atoms with Crippen LogP contribution in [0.25, 0.3) is 0 Å². The lowest BCUT2D eigenvalue weighted by atomic mass is 10.2. The molecule has 4 nitrogen and oxygen atoms in total. The summed E-state index contributed by atoms with van der Waals surface area (Å²) in [7, 11) is 0. The van der Waals surface area contributed by atoms with Gasteiger partial charge in [0.15, 0.2) is 5.11 Å². The number of ether oxygens (including phenoxy) is 1. The van der Waals surface area contributed by atoms with Crippen molar-refractivity contribution in [3.8, 4) is 11.5 Å². The van der Waals surface area contributed by atoms with Crippen molar-refractivity contribution in [3.63, 3.8) is 0 Å². The molecule has 0 amide bonds. The summed E-state index contributed by atoms with van der Waals surface area (Å²) >= 11 is 5.26. The maximum absolute atomic E-state index is 5.80. The zero-order chi connectivity index (χ0) is 16.8. The number of hydrogen-bond donors (Lipinski definition) is 2. The molecule has 0 aliphatic rings. The number of aryl methyl sites for hydroxylation is 1. The van der Waals surface area contributed by atoms with Crippen molar-refractivity contribution in [1.29, 1.82) is 0 Å². The van der Waals surface area contributed by atoms with E-state index in [4.69, 9.17) is 21.4 Å². The molecule has 3 aromatic rings. The quantitative estimate of drug-likeness (QED) is 0.650. The first-order chi connectivity index (χ1) is 11.7. The standard InChI is InChI=1S/C19H18N2O2S/c1-14-4-8-16(9-5-14)23-17-10-6-15(7-11-17)21-19(24)20-13-18-3-2-12-22-18/h2-12H,13H2,1H3,(H2,20,21,24). The van der Waals surface area contributed by atoms with Crippen LogP contribution in [-0.4, -0.2) is 5.11 Å². The fourth-order valence-electron chi connectivity index (χ4n) is 2.10. The molecule has 0 spiro atoms. The molecule has 5 heteroatoms. The number of nitrogens with one attached hydrogen (secondary N) is 2. The molecule has 2 aromatic carbocycles. The van der Waals surface area contributed by atoms with Gasteiger partial charge in [-0.3, -0.25) is 0 Å². The minimum Gasteiger partial charge on any atom is -0.467 e. The molecule has 0 atom stereocenters. The Balaban J connectivity index is 1.52. The van der Waals surface area contributed by atoms with Gasteiger partial charge < -0.3 is 19.8 Å². The van der Waals surface area contributed by atoms with Crippen molar-refractivity contribution in [2.75, 3.05) is 5.32 Å². The SMILES string of the molecule is Cc1ccc(Oc2ccc(NC(=S)NCc3ccco3)cc2)cc1. The topological polar surface area (TPSA) is 46.4 Å². The lowest BCUT2D eigenvalue weighted by Gasteiger charge is -2.11. The monoisotopic (exact) mass is 338 g/mol. The molecule has 0 aliphatic heterocycles. The highest BCUT2D eigenvalue weighted by Gasteiger charge is 2.01. The van der Waals surface area contributed by atoms with Crippen molar-refractivity contribution in [2.24, 2.45) is 0 Å². The number of thiocarbonyl (C=S) groups is 1. The van der Waals surface area contributed by atoms with E-state index < -0.39 is 0 Å². The van der Waals surface area contributed by atoms with Crippen LogP contribution in [0.4, 0.5) is 5.69 Å². The fourth-order valence-corrected chi connectivity index (χ4v) is 2.29. The van der Waals surface area contributed by atoms with Crippen LogP contribution < -0.4 is 15.4 Å². The third kappa shape index (κ3) is 4.60. The molecule has 2 N–H and O–H groups in total. The second kappa shape index (κ2) is 7.66. The summed E-state index contributed by atoms with van der Waals surface area (Å²) in [5.41, 5.74) is 2.10. The lowest BCUT2D eigenvalue weighted by Crippen LogP contribution is -2.27. The van der Waals surface area contributed by atoms with E-state index in [1.165, 1.54) is 5.56 Å². The molecular formula is C19H18N2O2S. The minimum absolute atomic E-state index is 0.540. The van der Waals surface area contributed by atoms with E-state index in [2.05, 4.69) is 10.6 Å². The second-order valence-corrected chi connectivity index (χ2v) is 5.73. The Morgan fingerprint density at radius 1 is 1.00 bits per heavy atom. The van der Waals surface area contributed by atoms with E-state index in [0.717, 1.165) is 22.9 Å². The Morgan fingerprint density at radius 2 is 1.67 bits per heavy atom. The predicted octanol–water partition coefficient (Wildman–Crippen LogP) is 4.87. The largest absolute Gasteiger partial charge is 0.467 e. The molecule has 3 rings (SSSR count). The van der Waals surface area contributed by atoms with Gasteiger partial charge in [-0.1, -0.05) is 17.7 Å². The van der Waals surface area contributed by atoms with Gasteiger partial charge in [0.05, 0.1) is 12.8 Å². The van der Waals surface area contributed by atoms with Gasteiger partial charge in [-0.25, -0.2) is 0 Å². The van der Waals surface area contributed by atoms with Crippen LogP contribution in [-0.2, 0) is 6.54 Å². The zero-order valence-corrected chi connectivity index (χ0v) is 14.1. The molecule has 0 bridgehead atoms. The van der Waals surface area contributed by atoms with Crippen molar-refractivity contribution in [3.05, 3.63) is 78.3 Å². The first kappa shape index (κ1) is 16.1. The van der Waals surface area contributed by atoms with Gasteiger partial charge in [0.25, 0.3) is 0 Å². The van der Waals surface area contributed by atoms with Gasteiger partial charge in [-0.2, -0.15) is 0 Å². The first-order valence-corrected chi connectivity index (χ1v) is 8.02. The van der Waals surface area contributed by atoms with Crippen molar-refractivity contribution >= 4 is 23.0 Å². The summed E-state index contributed by atoms with van der Waals surface area (Å²) in [6.07, 6.45) is 1.64. The first-order valence-electron chi connectivity index (χ1n) is 7.61. The van der Waals surface area contributed by atoms with E-state index in [-0.39, 0.29) is 0 Å².